The zero-order chi connectivity index (χ0) is 24.9. The van der Waals surface area contributed by atoms with Crippen molar-refractivity contribution in [3.63, 3.8) is 0 Å². The van der Waals surface area contributed by atoms with Crippen LogP contribution in [0.3, 0.4) is 0 Å². The Kier molecular flexibility index (Phi) is 7.52. The number of nitrogens with one attached hydrogen (secondary N) is 3. The number of hydrogen-bond acceptors (Lipinski definition) is 4. The number of hydrogen-bond donors (Lipinski definition) is 3. The highest BCUT2D eigenvalue weighted by Gasteiger charge is 2.21. The first-order chi connectivity index (χ1) is 16.8. The standard InChI is InChI=1S/C25H20Br2N4O4/c1-2-35-20-9-7-18(8-10-20)28-23(32)22-13-15-12-17(27)6-11-21(15)31(22)30-25(34)24(33)29-19-5-3-4-16(26)14-19/h3-14H,2H2,1H3,(H,28,32)(H,29,33)(H,30,34). The molecule has 4 rings (SSSR count). The van der Waals surface area contributed by atoms with Crippen molar-refractivity contribution in [1.82, 2.24) is 4.68 Å². The number of carbonyl (C=O) groups excluding carboxylic acids is 3. The smallest absolute Gasteiger partial charge is 0.328 e. The fourth-order valence-corrected chi connectivity index (χ4v) is 4.15. The third kappa shape index (κ3) is 5.90. The van der Waals surface area contributed by atoms with Gasteiger partial charge in [-0.1, -0.05) is 37.9 Å². The number of halogens is 2. The molecule has 0 saturated heterocycles. The first-order valence-corrected chi connectivity index (χ1v) is 12.2. The van der Waals surface area contributed by atoms with E-state index in [4.69, 9.17) is 4.74 Å². The van der Waals surface area contributed by atoms with Gasteiger partial charge in [0.2, 0.25) is 0 Å². The summed E-state index contributed by atoms with van der Waals surface area (Å²) in [6.07, 6.45) is 0. The molecule has 0 atom stereocenters. The zero-order valence-electron chi connectivity index (χ0n) is 18.5. The average Bonchev–Trinajstić information content (AvgIpc) is 3.18. The minimum Gasteiger partial charge on any atom is -0.494 e. The third-order valence-electron chi connectivity index (χ3n) is 4.92. The summed E-state index contributed by atoms with van der Waals surface area (Å²) in [5.41, 5.74) is 4.24. The Labute approximate surface area is 217 Å². The molecular formula is C25H20Br2N4O4. The van der Waals surface area contributed by atoms with Crippen molar-refractivity contribution in [3.05, 3.63) is 87.4 Å². The number of benzene rings is 3. The van der Waals surface area contributed by atoms with E-state index in [9.17, 15) is 14.4 Å². The quantitative estimate of drug-likeness (QED) is 0.254. The number of rotatable bonds is 6. The fourth-order valence-electron chi connectivity index (χ4n) is 3.38. The summed E-state index contributed by atoms with van der Waals surface area (Å²) < 4.78 is 8.29. The van der Waals surface area contributed by atoms with Gasteiger partial charge in [0, 0.05) is 25.7 Å². The molecular weight excluding hydrogens is 580 g/mol. The van der Waals surface area contributed by atoms with Crippen molar-refractivity contribution < 1.29 is 19.1 Å². The maximum atomic E-state index is 13.1. The van der Waals surface area contributed by atoms with Crippen molar-refractivity contribution in [2.24, 2.45) is 0 Å². The summed E-state index contributed by atoms with van der Waals surface area (Å²) in [6, 6.07) is 20.8. The monoisotopic (exact) mass is 598 g/mol. The van der Waals surface area contributed by atoms with Gasteiger partial charge >= 0.3 is 11.8 Å². The van der Waals surface area contributed by atoms with Gasteiger partial charge in [0.25, 0.3) is 5.91 Å². The lowest BCUT2D eigenvalue weighted by Crippen LogP contribution is -2.36. The van der Waals surface area contributed by atoms with Crippen LogP contribution in [0.1, 0.15) is 17.4 Å². The summed E-state index contributed by atoms with van der Waals surface area (Å²) in [7, 11) is 0. The van der Waals surface area contributed by atoms with E-state index in [1.165, 1.54) is 4.68 Å². The van der Waals surface area contributed by atoms with Crippen molar-refractivity contribution in [3.8, 4) is 5.75 Å². The van der Waals surface area contributed by atoms with E-state index in [1.807, 2.05) is 13.0 Å². The summed E-state index contributed by atoms with van der Waals surface area (Å²) >= 11 is 6.74. The molecule has 0 spiro atoms. The van der Waals surface area contributed by atoms with Crippen LogP contribution < -0.4 is 20.8 Å². The number of nitrogens with zero attached hydrogens (tertiary/aromatic N) is 1. The van der Waals surface area contributed by atoms with Gasteiger partial charge < -0.3 is 15.4 Å². The Morgan fingerprint density at radius 2 is 1.57 bits per heavy atom. The summed E-state index contributed by atoms with van der Waals surface area (Å²) in [5.74, 6) is -1.58. The molecule has 3 N–H and O–H groups in total. The largest absolute Gasteiger partial charge is 0.494 e. The van der Waals surface area contributed by atoms with E-state index < -0.39 is 17.7 Å². The van der Waals surface area contributed by atoms with E-state index in [0.29, 0.717) is 34.6 Å². The Balaban J connectivity index is 1.59. The van der Waals surface area contributed by atoms with Gasteiger partial charge in [-0.25, -0.2) is 4.68 Å². The third-order valence-corrected chi connectivity index (χ3v) is 5.91. The molecule has 35 heavy (non-hydrogen) atoms. The summed E-state index contributed by atoms with van der Waals surface area (Å²) in [5, 5.41) is 6.05. The normalized spacial score (nSPS) is 10.6. The summed E-state index contributed by atoms with van der Waals surface area (Å²) in [4.78, 5) is 38.4. The Morgan fingerprint density at radius 3 is 2.29 bits per heavy atom. The van der Waals surface area contributed by atoms with Crippen molar-refractivity contribution in [2.45, 2.75) is 6.92 Å². The van der Waals surface area contributed by atoms with Crippen molar-refractivity contribution >= 4 is 71.9 Å². The number of amides is 3. The molecule has 0 saturated carbocycles. The molecule has 0 aliphatic rings. The maximum Gasteiger partial charge on any atom is 0.328 e. The molecule has 3 aromatic carbocycles. The van der Waals surface area contributed by atoms with Crippen LogP contribution in [0.5, 0.6) is 5.75 Å². The van der Waals surface area contributed by atoms with Crippen LogP contribution in [-0.2, 0) is 9.59 Å². The lowest BCUT2D eigenvalue weighted by atomic mass is 10.2. The number of fused-ring (bicyclic) bond motifs is 1. The molecule has 1 aromatic heterocycles. The lowest BCUT2D eigenvalue weighted by Gasteiger charge is -2.13. The molecule has 0 aliphatic carbocycles. The molecule has 4 aromatic rings. The summed E-state index contributed by atoms with van der Waals surface area (Å²) in [6.45, 7) is 2.43. The second-order valence-corrected chi connectivity index (χ2v) is 9.22. The van der Waals surface area contributed by atoms with Crippen LogP contribution in [-0.4, -0.2) is 29.0 Å². The van der Waals surface area contributed by atoms with Gasteiger partial charge in [-0.15, -0.1) is 0 Å². The molecule has 178 valence electrons. The Hall–Kier alpha value is -3.63. The molecule has 0 unspecified atom stereocenters. The molecule has 1 heterocycles. The van der Waals surface area contributed by atoms with Gasteiger partial charge in [0.1, 0.15) is 11.4 Å². The van der Waals surface area contributed by atoms with E-state index in [1.54, 1.807) is 66.7 Å². The SMILES string of the molecule is CCOc1ccc(NC(=O)c2cc3cc(Br)ccc3n2NC(=O)C(=O)Nc2cccc(Br)c2)cc1. The minimum absolute atomic E-state index is 0.149. The number of anilines is 2. The highest BCUT2D eigenvalue weighted by atomic mass is 79.9. The molecule has 0 fully saturated rings. The van der Waals surface area contributed by atoms with E-state index in [-0.39, 0.29) is 5.69 Å². The van der Waals surface area contributed by atoms with Crippen molar-refractivity contribution in [1.29, 1.82) is 0 Å². The molecule has 0 aliphatic heterocycles. The van der Waals surface area contributed by atoms with Crippen molar-refractivity contribution in [2.75, 3.05) is 22.7 Å². The van der Waals surface area contributed by atoms with Crippen LogP contribution in [0, 0.1) is 0 Å². The second kappa shape index (κ2) is 10.7. The van der Waals surface area contributed by atoms with Crippen LogP contribution in [0.25, 0.3) is 10.9 Å². The van der Waals surface area contributed by atoms with Gasteiger partial charge in [-0.2, -0.15) is 0 Å². The van der Waals surface area contributed by atoms with Crippen LogP contribution in [0.4, 0.5) is 11.4 Å². The minimum atomic E-state index is -0.930. The maximum absolute atomic E-state index is 13.1. The second-order valence-electron chi connectivity index (χ2n) is 7.39. The predicted octanol–water partition coefficient (Wildman–Crippen LogP) is 5.53. The number of carbonyl (C=O) groups is 3. The Bertz CT molecular complexity index is 1420. The Morgan fingerprint density at radius 1 is 0.829 bits per heavy atom. The van der Waals surface area contributed by atoms with Crippen LogP contribution in [0.15, 0.2) is 81.7 Å². The van der Waals surface area contributed by atoms with Gasteiger partial charge in [-0.05, 0) is 73.7 Å². The molecule has 10 heteroatoms. The first-order valence-electron chi connectivity index (χ1n) is 10.6. The zero-order valence-corrected chi connectivity index (χ0v) is 21.6. The van der Waals surface area contributed by atoms with Gasteiger partial charge in [0.05, 0.1) is 12.1 Å². The lowest BCUT2D eigenvalue weighted by molar-refractivity contribution is -0.133. The highest BCUT2D eigenvalue weighted by Crippen LogP contribution is 2.24. The van der Waals surface area contributed by atoms with Gasteiger partial charge in [-0.3, -0.25) is 19.8 Å². The predicted molar refractivity (Wildman–Crippen MR) is 142 cm³/mol. The first kappa shape index (κ1) is 24.5. The van der Waals surface area contributed by atoms with E-state index >= 15 is 0 Å². The fraction of sp³-hybridized carbons (Fsp3) is 0.0800. The number of ether oxygens (including phenoxy) is 1. The van der Waals surface area contributed by atoms with Crippen LogP contribution >= 0.6 is 31.9 Å². The molecule has 0 radical (unpaired) electrons. The highest BCUT2D eigenvalue weighted by molar-refractivity contribution is 9.10. The molecule has 8 nitrogen and oxygen atoms in total. The molecule has 3 amide bonds. The van der Waals surface area contributed by atoms with E-state index in [0.717, 1.165) is 8.95 Å². The van der Waals surface area contributed by atoms with Gasteiger partial charge in [0.15, 0.2) is 0 Å². The molecule has 0 bridgehead atoms. The average molecular weight is 600 g/mol. The topological polar surface area (TPSA) is 101 Å². The van der Waals surface area contributed by atoms with E-state index in [2.05, 4.69) is 47.9 Å². The number of aromatic nitrogens is 1. The van der Waals surface area contributed by atoms with Crippen LogP contribution in [0.2, 0.25) is 0 Å².